The zero-order valence-corrected chi connectivity index (χ0v) is 12.1. The Kier molecular flexibility index (Phi) is 5.02. The summed E-state index contributed by atoms with van der Waals surface area (Å²) in [6.45, 7) is 1.98. The van der Waals surface area contributed by atoms with E-state index in [9.17, 15) is 4.79 Å². The van der Waals surface area contributed by atoms with Crippen molar-refractivity contribution in [2.75, 3.05) is 10.6 Å². The number of nitrogens with one attached hydrogen (secondary N) is 2. The molecule has 1 amide bonds. The maximum Gasteiger partial charge on any atom is 0.224 e. The molecule has 0 unspecified atom stereocenters. The lowest BCUT2D eigenvalue weighted by Crippen LogP contribution is -2.10. The van der Waals surface area contributed by atoms with Crippen LogP contribution in [0.1, 0.15) is 19.8 Å². The molecule has 104 valence electrons. The predicted molar refractivity (Wildman–Crippen MR) is 84.7 cm³/mol. The second kappa shape index (κ2) is 6.96. The van der Waals surface area contributed by atoms with Gasteiger partial charge in [0, 0.05) is 28.5 Å². The van der Waals surface area contributed by atoms with E-state index in [0.717, 1.165) is 23.5 Å². The maximum absolute atomic E-state index is 11.5. The molecule has 3 nitrogen and oxygen atoms in total. The van der Waals surface area contributed by atoms with Crippen molar-refractivity contribution >= 4 is 34.6 Å². The number of amides is 1. The number of benzene rings is 2. The van der Waals surface area contributed by atoms with Crippen molar-refractivity contribution in [1.29, 1.82) is 0 Å². The maximum atomic E-state index is 11.5. The Balaban J connectivity index is 1.99. The molecule has 20 heavy (non-hydrogen) atoms. The molecule has 4 heteroatoms. The number of carbonyl (C=O) groups is 1. The summed E-state index contributed by atoms with van der Waals surface area (Å²) in [6, 6.07) is 15.1. The van der Waals surface area contributed by atoms with Crippen LogP contribution in [0.4, 0.5) is 17.1 Å². The Bertz CT molecular complexity index is 581. The highest BCUT2D eigenvalue weighted by Crippen LogP contribution is 2.21. The van der Waals surface area contributed by atoms with E-state index in [1.165, 1.54) is 0 Å². The van der Waals surface area contributed by atoms with E-state index in [1.54, 1.807) is 0 Å². The van der Waals surface area contributed by atoms with Gasteiger partial charge in [0.25, 0.3) is 0 Å². The van der Waals surface area contributed by atoms with Gasteiger partial charge in [0.2, 0.25) is 5.91 Å². The van der Waals surface area contributed by atoms with E-state index in [2.05, 4.69) is 10.6 Å². The molecule has 2 rings (SSSR count). The zero-order chi connectivity index (χ0) is 14.4. The highest BCUT2D eigenvalue weighted by atomic mass is 35.5. The van der Waals surface area contributed by atoms with Gasteiger partial charge in [-0.2, -0.15) is 0 Å². The van der Waals surface area contributed by atoms with E-state index >= 15 is 0 Å². The van der Waals surface area contributed by atoms with Crippen LogP contribution in [0.25, 0.3) is 0 Å². The molecule has 0 heterocycles. The monoisotopic (exact) mass is 288 g/mol. The molecule has 0 bridgehead atoms. The lowest BCUT2D eigenvalue weighted by Gasteiger charge is -2.08. The van der Waals surface area contributed by atoms with Crippen molar-refractivity contribution in [2.24, 2.45) is 0 Å². The third kappa shape index (κ3) is 4.28. The third-order valence-corrected chi connectivity index (χ3v) is 2.99. The van der Waals surface area contributed by atoms with Crippen molar-refractivity contribution in [1.82, 2.24) is 0 Å². The van der Waals surface area contributed by atoms with Gasteiger partial charge in [0.15, 0.2) is 0 Å². The fourth-order valence-corrected chi connectivity index (χ4v) is 2.01. The molecule has 0 radical (unpaired) electrons. The molecule has 0 atom stereocenters. The first-order valence-electron chi connectivity index (χ1n) is 6.60. The third-order valence-electron chi connectivity index (χ3n) is 2.76. The van der Waals surface area contributed by atoms with Gasteiger partial charge in [0.05, 0.1) is 0 Å². The van der Waals surface area contributed by atoms with Crippen molar-refractivity contribution in [3.8, 4) is 0 Å². The van der Waals surface area contributed by atoms with Gasteiger partial charge in [-0.3, -0.25) is 4.79 Å². The van der Waals surface area contributed by atoms with Crippen LogP contribution in [0.2, 0.25) is 5.02 Å². The molecule has 0 fully saturated rings. The minimum atomic E-state index is 0.0445. The molecule has 2 aromatic carbocycles. The van der Waals surface area contributed by atoms with E-state index in [0.29, 0.717) is 11.4 Å². The van der Waals surface area contributed by atoms with Crippen molar-refractivity contribution in [3.05, 3.63) is 53.6 Å². The van der Waals surface area contributed by atoms with Crippen LogP contribution in [-0.4, -0.2) is 5.91 Å². The van der Waals surface area contributed by atoms with Crippen molar-refractivity contribution < 1.29 is 4.79 Å². The molecule has 0 saturated heterocycles. The smallest absolute Gasteiger partial charge is 0.224 e. The molecular weight excluding hydrogens is 272 g/mol. The van der Waals surface area contributed by atoms with Gasteiger partial charge in [-0.1, -0.05) is 24.6 Å². The highest BCUT2D eigenvalue weighted by molar-refractivity contribution is 6.30. The van der Waals surface area contributed by atoms with Gasteiger partial charge in [-0.15, -0.1) is 0 Å². The summed E-state index contributed by atoms with van der Waals surface area (Å²) in [5.41, 5.74) is 2.68. The van der Waals surface area contributed by atoms with Crippen LogP contribution in [0.3, 0.4) is 0 Å². The fourth-order valence-electron chi connectivity index (χ4n) is 1.82. The summed E-state index contributed by atoms with van der Waals surface area (Å²) >= 11 is 5.94. The molecule has 0 aliphatic carbocycles. The SMILES string of the molecule is CCCC(=O)Nc1ccc(Nc2cccc(Cl)c2)cc1. The first kappa shape index (κ1) is 14.4. The lowest BCUT2D eigenvalue weighted by atomic mass is 10.2. The first-order chi connectivity index (χ1) is 9.67. The molecule has 0 spiro atoms. The number of rotatable bonds is 5. The van der Waals surface area contributed by atoms with Crippen LogP contribution >= 0.6 is 11.6 Å². The Morgan fingerprint density at radius 3 is 2.40 bits per heavy atom. The Hall–Kier alpha value is -2.00. The number of carbonyl (C=O) groups excluding carboxylic acids is 1. The van der Waals surface area contributed by atoms with Gasteiger partial charge in [-0.25, -0.2) is 0 Å². The Morgan fingerprint density at radius 2 is 1.75 bits per heavy atom. The number of halogens is 1. The molecule has 2 N–H and O–H groups in total. The van der Waals surface area contributed by atoms with Gasteiger partial charge >= 0.3 is 0 Å². The van der Waals surface area contributed by atoms with E-state index in [-0.39, 0.29) is 5.91 Å². The Labute approximate surface area is 124 Å². The fraction of sp³-hybridized carbons (Fsp3) is 0.188. The van der Waals surface area contributed by atoms with Crippen LogP contribution < -0.4 is 10.6 Å². The van der Waals surface area contributed by atoms with E-state index < -0.39 is 0 Å². The largest absolute Gasteiger partial charge is 0.355 e. The summed E-state index contributed by atoms with van der Waals surface area (Å²) < 4.78 is 0. The summed E-state index contributed by atoms with van der Waals surface area (Å²) in [5.74, 6) is 0.0445. The number of hydrogen-bond donors (Lipinski definition) is 2. The molecule has 0 saturated carbocycles. The predicted octanol–water partition coefficient (Wildman–Crippen LogP) is 4.82. The molecule has 0 aliphatic rings. The normalized spacial score (nSPS) is 10.1. The topological polar surface area (TPSA) is 41.1 Å². The average molecular weight is 289 g/mol. The lowest BCUT2D eigenvalue weighted by molar-refractivity contribution is -0.116. The van der Waals surface area contributed by atoms with Crippen LogP contribution in [0.5, 0.6) is 0 Å². The Morgan fingerprint density at radius 1 is 1.05 bits per heavy atom. The van der Waals surface area contributed by atoms with E-state index in [1.807, 2.05) is 55.5 Å². The molecule has 2 aromatic rings. The van der Waals surface area contributed by atoms with Crippen LogP contribution in [0.15, 0.2) is 48.5 Å². The highest BCUT2D eigenvalue weighted by Gasteiger charge is 2.01. The summed E-state index contributed by atoms with van der Waals surface area (Å²) in [7, 11) is 0. The summed E-state index contributed by atoms with van der Waals surface area (Å²) in [4.78, 5) is 11.5. The zero-order valence-electron chi connectivity index (χ0n) is 11.3. The van der Waals surface area contributed by atoms with E-state index in [4.69, 9.17) is 11.6 Å². The van der Waals surface area contributed by atoms with Crippen molar-refractivity contribution in [2.45, 2.75) is 19.8 Å². The quantitative estimate of drug-likeness (QED) is 0.828. The molecule has 0 aliphatic heterocycles. The number of hydrogen-bond acceptors (Lipinski definition) is 2. The van der Waals surface area contributed by atoms with Gasteiger partial charge < -0.3 is 10.6 Å². The van der Waals surface area contributed by atoms with Gasteiger partial charge in [-0.05, 0) is 48.9 Å². The van der Waals surface area contributed by atoms with Crippen LogP contribution in [-0.2, 0) is 4.79 Å². The molecule has 0 aromatic heterocycles. The first-order valence-corrected chi connectivity index (χ1v) is 6.97. The van der Waals surface area contributed by atoms with Crippen LogP contribution in [0, 0.1) is 0 Å². The second-order valence-corrected chi connectivity index (χ2v) is 4.95. The number of anilines is 3. The minimum absolute atomic E-state index is 0.0445. The average Bonchev–Trinajstić information content (AvgIpc) is 2.41. The summed E-state index contributed by atoms with van der Waals surface area (Å²) in [6.07, 6.45) is 1.39. The standard InChI is InChI=1S/C16H17ClN2O/c1-2-4-16(20)19-14-9-7-13(8-10-14)18-15-6-3-5-12(17)11-15/h3,5-11,18H,2,4H2,1H3,(H,19,20). The second-order valence-electron chi connectivity index (χ2n) is 4.51. The molecular formula is C16H17ClN2O. The van der Waals surface area contributed by atoms with Crippen molar-refractivity contribution in [3.63, 3.8) is 0 Å². The van der Waals surface area contributed by atoms with Gasteiger partial charge in [0.1, 0.15) is 0 Å². The minimum Gasteiger partial charge on any atom is -0.355 e. The summed E-state index contributed by atoms with van der Waals surface area (Å²) in [5, 5.41) is 6.80.